The molecule has 0 aromatic rings. The second-order valence-electron chi connectivity index (χ2n) is 3.44. The minimum Gasteiger partial charge on any atom is -0.195 e. The Morgan fingerprint density at radius 1 is 1.31 bits per heavy atom. The highest BCUT2D eigenvalue weighted by atomic mass is 32.2. The van der Waals surface area contributed by atoms with E-state index in [4.69, 9.17) is 0 Å². The lowest BCUT2D eigenvalue weighted by atomic mass is 10.4. The summed E-state index contributed by atoms with van der Waals surface area (Å²) >= 11 is 0. The standard InChI is InChI=1S/C8H18N2O2S/c1-3-6-9(2)13(11,12)10-7-4-5-8-10/h3-8H2,1-2H3. The second kappa shape index (κ2) is 4.39. The van der Waals surface area contributed by atoms with Crippen LogP contribution in [0.4, 0.5) is 0 Å². The van der Waals surface area contributed by atoms with Gasteiger partial charge in [-0.25, -0.2) is 0 Å². The van der Waals surface area contributed by atoms with Crippen LogP contribution in [0.25, 0.3) is 0 Å². The van der Waals surface area contributed by atoms with Crippen molar-refractivity contribution >= 4 is 10.2 Å². The Morgan fingerprint density at radius 2 is 1.85 bits per heavy atom. The SMILES string of the molecule is CCCN(C)S(=O)(=O)N1CCCC1. The van der Waals surface area contributed by atoms with Crippen LogP contribution in [0.2, 0.25) is 0 Å². The van der Waals surface area contributed by atoms with Crippen molar-refractivity contribution in [3.05, 3.63) is 0 Å². The fourth-order valence-electron chi connectivity index (χ4n) is 1.55. The van der Waals surface area contributed by atoms with Crippen LogP contribution in [0.15, 0.2) is 0 Å². The van der Waals surface area contributed by atoms with Crippen molar-refractivity contribution in [2.75, 3.05) is 26.7 Å². The van der Waals surface area contributed by atoms with Gasteiger partial charge in [0.1, 0.15) is 0 Å². The van der Waals surface area contributed by atoms with Gasteiger partial charge in [-0.2, -0.15) is 17.0 Å². The van der Waals surface area contributed by atoms with E-state index in [9.17, 15) is 8.42 Å². The summed E-state index contributed by atoms with van der Waals surface area (Å²) in [6.45, 7) is 3.97. The van der Waals surface area contributed by atoms with Crippen molar-refractivity contribution in [2.45, 2.75) is 26.2 Å². The van der Waals surface area contributed by atoms with Crippen molar-refractivity contribution in [3.63, 3.8) is 0 Å². The molecule has 0 N–H and O–H groups in total. The first kappa shape index (κ1) is 10.9. The Hall–Kier alpha value is -0.130. The largest absolute Gasteiger partial charge is 0.281 e. The van der Waals surface area contributed by atoms with Gasteiger partial charge < -0.3 is 0 Å². The first-order valence-corrected chi connectivity index (χ1v) is 6.20. The van der Waals surface area contributed by atoms with E-state index in [0.717, 1.165) is 19.3 Å². The summed E-state index contributed by atoms with van der Waals surface area (Å²) in [7, 11) is -1.48. The Bertz CT molecular complexity index is 245. The lowest BCUT2D eigenvalue weighted by molar-refractivity contribution is 0.394. The highest BCUT2D eigenvalue weighted by molar-refractivity contribution is 7.86. The summed E-state index contributed by atoms with van der Waals surface area (Å²) in [6, 6.07) is 0. The summed E-state index contributed by atoms with van der Waals surface area (Å²) in [5, 5.41) is 0. The van der Waals surface area contributed by atoms with Crippen molar-refractivity contribution in [3.8, 4) is 0 Å². The average molecular weight is 206 g/mol. The lowest BCUT2D eigenvalue weighted by Gasteiger charge is -2.23. The van der Waals surface area contributed by atoms with Gasteiger partial charge in [0.2, 0.25) is 0 Å². The molecule has 13 heavy (non-hydrogen) atoms. The maximum Gasteiger partial charge on any atom is 0.281 e. The van der Waals surface area contributed by atoms with Crippen LogP contribution in [-0.2, 0) is 10.2 Å². The molecule has 1 fully saturated rings. The van der Waals surface area contributed by atoms with Crippen molar-refractivity contribution in [2.24, 2.45) is 0 Å². The molecule has 0 aliphatic carbocycles. The van der Waals surface area contributed by atoms with Gasteiger partial charge in [-0.05, 0) is 19.3 Å². The fraction of sp³-hybridized carbons (Fsp3) is 1.00. The number of hydrogen-bond donors (Lipinski definition) is 0. The topological polar surface area (TPSA) is 40.6 Å². The molecule has 0 radical (unpaired) electrons. The van der Waals surface area contributed by atoms with Crippen LogP contribution in [0.5, 0.6) is 0 Å². The average Bonchev–Trinajstić information content (AvgIpc) is 2.56. The summed E-state index contributed by atoms with van der Waals surface area (Å²) in [4.78, 5) is 0. The van der Waals surface area contributed by atoms with Crippen LogP contribution >= 0.6 is 0 Å². The maximum absolute atomic E-state index is 11.8. The van der Waals surface area contributed by atoms with E-state index in [1.807, 2.05) is 6.92 Å². The van der Waals surface area contributed by atoms with E-state index in [0.29, 0.717) is 19.6 Å². The molecule has 1 aliphatic heterocycles. The lowest BCUT2D eigenvalue weighted by Crippen LogP contribution is -2.40. The van der Waals surface area contributed by atoms with Crippen LogP contribution in [0.3, 0.4) is 0 Å². The van der Waals surface area contributed by atoms with Crippen LogP contribution in [-0.4, -0.2) is 43.7 Å². The molecule has 0 aromatic heterocycles. The molecule has 1 aliphatic rings. The summed E-state index contributed by atoms with van der Waals surface area (Å²) < 4.78 is 26.6. The Labute approximate surface area is 80.7 Å². The van der Waals surface area contributed by atoms with Crippen LogP contribution in [0.1, 0.15) is 26.2 Å². The van der Waals surface area contributed by atoms with Gasteiger partial charge in [-0.3, -0.25) is 0 Å². The molecule has 1 saturated heterocycles. The predicted octanol–water partition coefficient (Wildman–Crippen LogP) is 0.669. The molecule has 0 saturated carbocycles. The highest BCUT2D eigenvalue weighted by Gasteiger charge is 2.28. The molecule has 1 heterocycles. The third-order valence-electron chi connectivity index (χ3n) is 2.32. The van der Waals surface area contributed by atoms with Gasteiger partial charge in [0, 0.05) is 26.7 Å². The molecule has 78 valence electrons. The molecule has 0 unspecified atom stereocenters. The fourth-order valence-corrected chi connectivity index (χ4v) is 3.07. The molecule has 1 rings (SSSR count). The summed E-state index contributed by atoms with van der Waals surface area (Å²) in [6.07, 6.45) is 2.86. The van der Waals surface area contributed by atoms with E-state index in [-0.39, 0.29) is 0 Å². The molecular weight excluding hydrogens is 188 g/mol. The highest BCUT2D eigenvalue weighted by Crippen LogP contribution is 2.15. The zero-order chi connectivity index (χ0) is 9.90. The first-order valence-electron chi connectivity index (χ1n) is 4.80. The smallest absolute Gasteiger partial charge is 0.195 e. The molecule has 0 amide bonds. The van der Waals surface area contributed by atoms with E-state index >= 15 is 0 Å². The molecule has 0 atom stereocenters. The van der Waals surface area contributed by atoms with Gasteiger partial charge in [0.05, 0.1) is 0 Å². The van der Waals surface area contributed by atoms with Crippen molar-refractivity contribution in [1.82, 2.24) is 8.61 Å². The minimum atomic E-state index is -3.13. The van der Waals surface area contributed by atoms with Crippen LogP contribution < -0.4 is 0 Å². The zero-order valence-corrected chi connectivity index (χ0v) is 9.18. The van der Waals surface area contributed by atoms with Gasteiger partial charge >= 0.3 is 0 Å². The quantitative estimate of drug-likeness (QED) is 0.678. The Morgan fingerprint density at radius 3 is 2.31 bits per heavy atom. The van der Waals surface area contributed by atoms with Crippen LogP contribution in [0, 0.1) is 0 Å². The number of rotatable bonds is 4. The predicted molar refractivity (Wildman–Crippen MR) is 52.6 cm³/mol. The molecular formula is C8H18N2O2S. The van der Waals surface area contributed by atoms with Gasteiger partial charge in [0.15, 0.2) is 0 Å². The normalized spacial score (nSPS) is 19.9. The molecule has 0 aromatic carbocycles. The van der Waals surface area contributed by atoms with Gasteiger partial charge in [-0.15, -0.1) is 0 Å². The maximum atomic E-state index is 11.8. The van der Waals surface area contributed by atoms with E-state index < -0.39 is 10.2 Å². The third-order valence-corrected chi connectivity index (χ3v) is 4.31. The van der Waals surface area contributed by atoms with E-state index in [1.54, 1.807) is 11.4 Å². The van der Waals surface area contributed by atoms with Gasteiger partial charge in [0.25, 0.3) is 10.2 Å². The number of nitrogens with zero attached hydrogens (tertiary/aromatic N) is 2. The first-order chi connectivity index (χ1) is 6.09. The monoisotopic (exact) mass is 206 g/mol. The summed E-state index contributed by atoms with van der Waals surface area (Å²) in [5.74, 6) is 0. The Balaban J connectivity index is 2.63. The Kier molecular flexibility index (Phi) is 3.70. The van der Waals surface area contributed by atoms with Crippen molar-refractivity contribution < 1.29 is 8.42 Å². The second-order valence-corrected chi connectivity index (χ2v) is 5.47. The third kappa shape index (κ3) is 2.42. The summed E-state index contributed by atoms with van der Waals surface area (Å²) in [5.41, 5.74) is 0. The van der Waals surface area contributed by atoms with Gasteiger partial charge in [-0.1, -0.05) is 6.92 Å². The molecule has 0 spiro atoms. The van der Waals surface area contributed by atoms with Crippen molar-refractivity contribution in [1.29, 1.82) is 0 Å². The number of hydrogen-bond acceptors (Lipinski definition) is 2. The molecule has 0 bridgehead atoms. The molecule has 4 nitrogen and oxygen atoms in total. The van der Waals surface area contributed by atoms with E-state index in [2.05, 4.69) is 0 Å². The molecule has 5 heteroatoms. The zero-order valence-electron chi connectivity index (χ0n) is 8.36. The minimum absolute atomic E-state index is 0.610. The van der Waals surface area contributed by atoms with E-state index in [1.165, 1.54) is 4.31 Å².